The molecule has 1 aromatic heterocycles. The molecule has 1 rings (SSSR count). The summed E-state index contributed by atoms with van der Waals surface area (Å²) in [6, 6.07) is 2.16. The van der Waals surface area contributed by atoms with Crippen LogP contribution in [0, 0.1) is 5.41 Å². The van der Waals surface area contributed by atoms with Crippen molar-refractivity contribution in [1.29, 1.82) is 0 Å². The normalized spacial score (nSPS) is 11.6. The molecule has 0 radical (unpaired) electrons. The summed E-state index contributed by atoms with van der Waals surface area (Å²) >= 11 is 1.74. The van der Waals surface area contributed by atoms with E-state index in [4.69, 9.17) is 0 Å². The van der Waals surface area contributed by atoms with Crippen molar-refractivity contribution in [2.24, 2.45) is 5.41 Å². The summed E-state index contributed by atoms with van der Waals surface area (Å²) in [4.78, 5) is 11.0. The largest absolute Gasteiger partial charge is 0.300 e. The van der Waals surface area contributed by atoms with E-state index in [1.54, 1.807) is 18.3 Å². The molecule has 0 unspecified atom stereocenters. The van der Waals surface area contributed by atoms with E-state index < -0.39 is 0 Å². The third-order valence-corrected chi connectivity index (χ3v) is 3.13. The van der Waals surface area contributed by atoms with Gasteiger partial charge in [0.05, 0.1) is 0 Å². The van der Waals surface area contributed by atoms with Gasteiger partial charge in [0, 0.05) is 6.42 Å². The number of thiophene rings is 1. The fraction of sp³-hybridized carbons (Fsp3) is 0.583. The number of ketones is 1. The van der Waals surface area contributed by atoms with E-state index in [-0.39, 0.29) is 5.41 Å². The Hall–Kier alpha value is -0.630. The second-order valence-corrected chi connectivity index (χ2v) is 5.45. The first-order valence-electron chi connectivity index (χ1n) is 5.00. The number of aryl methyl sites for hydroxylation is 1. The third kappa shape index (κ3) is 4.05. The molecule has 0 aliphatic carbocycles. The van der Waals surface area contributed by atoms with Gasteiger partial charge in [0.1, 0.15) is 5.78 Å². The van der Waals surface area contributed by atoms with Crippen LogP contribution in [0.2, 0.25) is 0 Å². The van der Waals surface area contributed by atoms with E-state index in [1.807, 2.05) is 0 Å². The second-order valence-electron chi connectivity index (χ2n) is 4.67. The molecule has 0 aliphatic rings. The topological polar surface area (TPSA) is 17.1 Å². The highest BCUT2D eigenvalue weighted by atomic mass is 32.1. The van der Waals surface area contributed by atoms with E-state index in [0.29, 0.717) is 12.2 Å². The maximum absolute atomic E-state index is 11.0. The van der Waals surface area contributed by atoms with Gasteiger partial charge in [-0.25, -0.2) is 0 Å². The molecule has 0 atom stereocenters. The first-order chi connectivity index (χ1) is 6.49. The lowest BCUT2D eigenvalue weighted by atomic mass is 9.82. The van der Waals surface area contributed by atoms with Gasteiger partial charge in [0.15, 0.2) is 0 Å². The van der Waals surface area contributed by atoms with Crippen LogP contribution < -0.4 is 0 Å². The van der Waals surface area contributed by atoms with Crippen molar-refractivity contribution < 1.29 is 4.79 Å². The minimum Gasteiger partial charge on any atom is -0.300 e. The Morgan fingerprint density at radius 1 is 1.50 bits per heavy atom. The summed E-state index contributed by atoms with van der Waals surface area (Å²) in [6.45, 7) is 6.01. The van der Waals surface area contributed by atoms with Crippen molar-refractivity contribution in [1.82, 2.24) is 0 Å². The molecule has 0 N–H and O–H groups in total. The summed E-state index contributed by atoms with van der Waals surface area (Å²) in [5.74, 6) is 0.292. The lowest BCUT2D eigenvalue weighted by molar-refractivity contribution is -0.118. The maximum atomic E-state index is 11.0. The number of hydrogen-bond donors (Lipinski definition) is 0. The lowest BCUT2D eigenvalue weighted by Gasteiger charge is -2.22. The fourth-order valence-electron chi connectivity index (χ4n) is 1.68. The molecule has 0 saturated heterocycles. The zero-order valence-corrected chi connectivity index (χ0v) is 9.99. The quantitative estimate of drug-likeness (QED) is 0.724. The summed E-state index contributed by atoms with van der Waals surface area (Å²) in [7, 11) is 0. The number of carbonyl (C=O) groups is 1. The zero-order valence-electron chi connectivity index (χ0n) is 9.17. The van der Waals surface area contributed by atoms with E-state index in [2.05, 4.69) is 30.7 Å². The van der Waals surface area contributed by atoms with Gasteiger partial charge < -0.3 is 4.79 Å². The standard InChI is InChI=1S/C12H18OS/c1-10(13)8-12(2,3)6-4-11-5-7-14-9-11/h5,7,9H,4,6,8H2,1-3H3. The van der Waals surface area contributed by atoms with Crippen LogP contribution in [0.1, 0.15) is 39.2 Å². The number of carbonyl (C=O) groups excluding carboxylic acids is 1. The van der Waals surface area contributed by atoms with Crippen molar-refractivity contribution in [3.63, 3.8) is 0 Å². The van der Waals surface area contributed by atoms with Crippen LogP contribution in [-0.2, 0) is 11.2 Å². The Kier molecular flexibility index (Phi) is 3.87. The van der Waals surface area contributed by atoms with Gasteiger partial charge in [-0.05, 0) is 47.6 Å². The first-order valence-corrected chi connectivity index (χ1v) is 5.94. The van der Waals surface area contributed by atoms with Gasteiger partial charge in [-0.1, -0.05) is 13.8 Å². The van der Waals surface area contributed by atoms with Crippen molar-refractivity contribution in [3.05, 3.63) is 22.4 Å². The van der Waals surface area contributed by atoms with Crippen molar-refractivity contribution in [2.75, 3.05) is 0 Å². The van der Waals surface area contributed by atoms with Crippen molar-refractivity contribution >= 4 is 17.1 Å². The molecular weight excluding hydrogens is 192 g/mol. The molecule has 78 valence electrons. The lowest BCUT2D eigenvalue weighted by Crippen LogP contribution is -2.16. The monoisotopic (exact) mass is 210 g/mol. The Labute approximate surface area is 90.2 Å². The second kappa shape index (κ2) is 4.74. The maximum Gasteiger partial charge on any atom is 0.130 e. The van der Waals surface area contributed by atoms with Crippen molar-refractivity contribution in [2.45, 2.75) is 40.0 Å². The number of rotatable bonds is 5. The summed E-state index contributed by atoms with van der Waals surface area (Å²) in [5.41, 5.74) is 1.54. The van der Waals surface area contributed by atoms with E-state index in [9.17, 15) is 4.79 Å². The fourth-order valence-corrected chi connectivity index (χ4v) is 2.38. The van der Waals surface area contributed by atoms with Gasteiger partial charge in [-0.15, -0.1) is 0 Å². The minimum absolute atomic E-state index is 0.147. The van der Waals surface area contributed by atoms with Gasteiger partial charge in [-0.3, -0.25) is 0 Å². The highest BCUT2D eigenvalue weighted by molar-refractivity contribution is 7.07. The predicted molar refractivity (Wildman–Crippen MR) is 61.7 cm³/mol. The molecule has 1 nitrogen and oxygen atoms in total. The van der Waals surface area contributed by atoms with Crippen LogP contribution >= 0.6 is 11.3 Å². The molecule has 1 heterocycles. The molecule has 2 heteroatoms. The predicted octanol–water partition coefficient (Wildman–Crippen LogP) is 3.69. The van der Waals surface area contributed by atoms with Crippen LogP contribution in [0.4, 0.5) is 0 Å². The average molecular weight is 210 g/mol. The van der Waals surface area contributed by atoms with Crippen LogP contribution in [0.3, 0.4) is 0 Å². The van der Waals surface area contributed by atoms with Crippen LogP contribution in [0.5, 0.6) is 0 Å². The molecule has 0 amide bonds. The van der Waals surface area contributed by atoms with E-state index in [1.165, 1.54) is 5.56 Å². The molecule has 0 saturated carbocycles. The third-order valence-electron chi connectivity index (χ3n) is 2.40. The Balaban J connectivity index is 2.40. The van der Waals surface area contributed by atoms with Gasteiger partial charge >= 0.3 is 0 Å². The first kappa shape index (κ1) is 11.4. The minimum atomic E-state index is 0.147. The molecule has 14 heavy (non-hydrogen) atoms. The SMILES string of the molecule is CC(=O)CC(C)(C)CCc1ccsc1. The van der Waals surface area contributed by atoms with Crippen LogP contribution in [0.25, 0.3) is 0 Å². The van der Waals surface area contributed by atoms with Gasteiger partial charge in [0.25, 0.3) is 0 Å². The van der Waals surface area contributed by atoms with Crippen LogP contribution in [-0.4, -0.2) is 5.78 Å². The van der Waals surface area contributed by atoms with Gasteiger partial charge in [-0.2, -0.15) is 11.3 Å². The molecule has 0 aromatic carbocycles. The van der Waals surface area contributed by atoms with Crippen LogP contribution in [0.15, 0.2) is 16.8 Å². The van der Waals surface area contributed by atoms with E-state index in [0.717, 1.165) is 12.8 Å². The summed E-state index contributed by atoms with van der Waals surface area (Å²) in [6.07, 6.45) is 2.87. The Bertz CT molecular complexity index is 285. The Morgan fingerprint density at radius 2 is 2.21 bits per heavy atom. The number of hydrogen-bond acceptors (Lipinski definition) is 2. The molecule has 0 spiro atoms. The molecule has 0 fully saturated rings. The smallest absolute Gasteiger partial charge is 0.130 e. The van der Waals surface area contributed by atoms with Crippen molar-refractivity contribution in [3.8, 4) is 0 Å². The zero-order chi connectivity index (χ0) is 10.6. The Morgan fingerprint density at radius 3 is 2.71 bits per heavy atom. The highest BCUT2D eigenvalue weighted by Crippen LogP contribution is 2.27. The average Bonchev–Trinajstić information content (AvgIpc) is 2.50. The molecule has 0 aliphatic heterocycles. The van der Waals surface area contributed by atoms with E-state index >= 15 is 0 Å². The summed E-state index contributed by atoms with van der Waals surface area (Å²) in [5, 5.41) is 4.29. The summed E-state index contributed by atoms with van der Waals surface area (Å²) < 4.78 is 0. The number of Topliss-reactive ketones (excluding diaryl/α,β-unsaturated/α-hetero) is 1. The highest BCUT2D eigenvalue weighted by Gasteiger charge is 2.19. The molecule has 0 bridgehead atoms. The molecular formula is C12H18OS. The molecule has 1 aromatic rings. The van der Waals surface area contributed by atoms with Gasteiger partial charge in [0.2, 0.25) is 0 Å².